The van der Waals surface area contributed by atoms with E-state index in [1.807, 2.05) is 4.90 Å². The molecule has 0 amide bonds. The highest BCUT2D eigenvalue weighted by Crippen LogP contribution is 2.46. The number of rotatable bonds is 9. The molecule has 48 heavy (non-hydrogen) atoms. The van der Waals surface area contributed by atoms with Crippen LogP contribution in [0.25, 0.3) is 0 Å². The maximum Gasteiger partial charge on any atom is 0.324 e. The van der Waals surface area contributed by atoms with Crippen LogP contribution in [0.4, 0.5) is 22.0 Å². The first-order valence-electron chi connectivity index (χ1n) is 17.4. The van der Waals surface area contributed by atoms with Crippen LogP contribution in [-0.2, 0) is 20.7 Å². The van der Waals surface area contributed by atoms with Crippen molar-refractivity contribution >= 4 is 11.8 Å². The van der Waals surface area contributed by atoms with Crippen LogP contribution in [-0.4, -0.2) is 41.4 Å². The lowest BCUT2D eigenvalue weighted by Crippen LogP contribution is -2.49. The number of Topliss-reactive ketones (excluding diaryl/α,β-unsaturated/α-hetero) is 1. The predicted octanol–water partition coefficient (Wildman–Crippen LogP) is 9.64. The number of ether oxygens (including phenoxy) is 1. The van der Waals surface area contributed by atoms with Gasteiger partial charge in [-0.25, -0.2) is 22.0 Å². The molecule has 1 saturated heterocycles. The van der Waals surface area contributed by atoms with Gasteiger partial charge in [0.15, 0.2) is 29.1 Å². The molecule has 4 atom stereocenters. The van der Waals surface area contributed by atoms with E-state index in [-0.39, 0.29) is 52.6 Å². The second kappa shape index (κ2) is 15.4. The van der Waals surface area contributed by atoms with E-state index in [9.17, 15) is 27.2 Å². The van der Waals surface area contributed by atoms with E-state index in [0.29, 0.717) is 45.2 Å². The van der Waals surface area contributed by atoms with Crippen LogP contribution in [0.3, 0.4) is 0 Å². The van der Waals surface area contributed by atoms with Crippen molar-refractivity contribution in [1.29, 1.82) is 0 Å². The zero-order chi connectivity index (χ0) is 35.6. The van der Waals surface area contributed by atoms with E-state index in [4.69, 9.17) is 4.74 Å². The number of halogens is 5. The molecule has 0 radical (unpaired) electrons. The number of carbonyl (C=O) groups excluding carboxylic acids is 2. The Bertz CT molecular complexity index is 1450. The van der Waals surface area contributed by atoms with Crippen molar-refractivity contribution in [2.24, 2.45) is 23.2 Å². The van der Waals surface area contributed by atoms with Gasteiger partial charge in [-0.15, -0.1) is 0 Å². The first-order valence-corrected chi connectivity index (χ1v) is 17.4. The van der Waals surface area contributed by atoms with Gasteiger partial charge in [-0.1, -0.05) is 45.4 Å². The Hall–Kier alpha value is -2.81. The predicted molar refractivity (Wildman–Crippen MR) is 177 cm³/mol. The SMILES string of the molecule is Cc1ccc(C[C@@H](C(=O)OC(C)(C)C)N2CCC(CCC(=O)[C@@H]3CC(C(C)(C)C)CCC[C@H]3c3ccc(F)c(F)c3F)CC2)c(F)c1F. The number of ketones is 1. The summed E-state index contributed by atoms with van der Waals surface area (Å²) in [5.74, 6) is -6.89. The summed E-state index contributed by atoms with van der Waals surface area (Å²) in [6.07, 6.45) is 5.03. The van der Waals surface area contributed by atoms with Crippen LogP contribution in [0.5, 0.6) is 0 Å². The molecule has 2 aromatic carbocycles. The summed E-state index contributed by atoms with van der Waals surface area (Å²) >= 11 is 0. The van der Waals surface area contributed by atoms with Gasteiger partial charge in [0.2, 0.25) is 0 Å². The maximum absolute atomic E-state index is 15.1. The topological polar surface area (TPSA) is 46.6 Å². The molecule has 1 heterocycles. The van der Waals surface area contributed by atoms with Gasteiger partial charge >= 0.3 is 5.97 Å². The molecule has 0 spiro atoms. The highest BCUT2D eigenvalue weighted by Gasteiger charge is 2.40. The molecule has 4 nitrogen and oxygen atoms in total. The quantitative estimate of drug-likeness (QED) is 0.115. The smallest absolute Gasteiger partial charge is 0.324 e. The minimum Gasteiger partial charge on any atom is -0.459 e. The first kappa shape index (κ1) is 38.0. The summed E-state index contributed by atoms with van der Waals surface area (Å²) in [6.45, 7) is 14.2. The highest BCUT2D eigenvalue weighted by molar-refractivity contribution is 5.82. The number of piperidine rings is 1. The van der Waals surface area contributed by atoms with Gasteiger partial charge in [0.05, 0.1) is 0 Å². The van der Waals surface area contributed by atoms with E-state index in [1.54, 1.807) is 20.8 Å². The van der Waals surface area contributed by atoms with Crippen LogP contribution in [0.1, 0.15) is 116 Å². The van der Waals surface area contributed by atoms with Gasteiger partial charge in [0, 0.05) is 18.8 Å². The number of carbonyl (C=O) groups is 2. The van der Waals surface area contributed by atoms with Crippen LogP contribution in [0.15, 0.2) is 24.3 Å². The van der Waals surface area contributed by atoms with E-state index in [1.165, 1.54) is 25.1 Å². The highest BCUT2D eigenvalue weighted by atomic mass is 19.2. The molecule has 1 aliphatic carbocycles. The lowest BCUT2D eigenvalue weighted by Gasteiger charge is -2.38. The molecule has 0 bridgehead atoms. The van der Waals surface area contributed by atoms with Crippen molar-refractivity contribution < 1.29 is 36.3 Å². The molecule has 1 saturated carbocycles. The molecule has 266 valence electrons. The van der Waals surface area contributed by atoms with Gasteiger partial charge < -0.3 is 4.74 Å². The van der Waals surface area contributed by atoms with Crippen molar-refractivity contribution in [3.8, 4) is 0 Å². The van der Waals surface area contributed by atoms with Crippen molar-refractivity contribution in [2.75, 3.05) is 13.1 Å². The molecule has 0 aromatic heterocycles. The molecule has 1 unspecified atom stereocenters. The van der Waals surface area contributed by atoms with Crippen molar-refractivity contribution in [1.82, 2.24) is 4.90 Å². The van der Waals surface area contributed by atoms with Crippen LogP contribution >= 0.6 is 0 Å². The Kier molecular flexibility index (Phi) is 12.2. The average Bonchev–Trinajstić information content (AvgIpc) is 3.24. The molecule has 2 fully saturated rings. The zero-order valence-corrected chi connectivity index (χ0v) is 29.5. The number of likely N-dealkylation sites (tertiary alicyclic amines) is 1. The maximum atomic E-state index is 15.1. The third kappa shape index (κ3) is 9.25. The van der Waals surface area contributed by atoms with Gasteiger partial charge in [0.25, 0.3) is 0 Å². The normalized spacial score (nSPS) is 22.3. The lowest BCUT2D eigenvalue weighted by atomic mass is 9.71. The van der Waals surface area contributed by atoms with Gasteiger partial charge in [-0.2, -0.15) is 0 Å². The Labute approximate surface area is 282 Å². The number of esters is 1. The first-order chi connectivity index (χ1) is 22.4. The molecular formula is C39H52F5NO3. The molecule has 1 aliphatic heterocycles. The summed E-state index contributed by atoms with van der Waals surface area (Å²) < 4.78 is 78.1. The summed E-state index contributed by atoms with van der Waals surface area (Å²) in [7, 11) is 0. The Morgan fingerprint density at radius 2 is 1.52 bits per heavy atom. The largest absolute Gasteiger partial charge is 0.459 e. The van der Waals surface area contributed by atoms with Gasteiger partial charge in [-0.05, 0) is 125 Å². The Morgan fingerprint density at radius 3 is 2.15 bits per heavy atom. The number of hydrogen-bond acceptors (Lipinski definition) is 4. The molecule has 0 N–H and O–H groups in total. The zero-order valence-electron chi connectivity index (χ0n) is 29.5. The lowest BCUT2D eigenvalue weighted by molar-refractivity contribution is -0.162. The second-order valence-corrected chi connectivity index (χ2v) is 16.1. The summed E-state index contributed by atoms with van der Waals surface area (Å²) in [4.78, 5) is 29.3. The second-order valence-electron chi connectivity index (χ2n) is 16.1. The number of nitrogens with zero attached hydrogens (tertiary/aromatic N) is 1. The average molecular weight is 678 g/mol. The molecule has 4 rings (SSSR count). The fourth-order valence-corrected chi connectivity index (χ4v) is 7.58. The standard InChI is InChI=1S/C39H52F5NO3/c1-23-11-13-25(34(42)33(23)41)21-31(37(47)48-39(5,6)7)45-19-17-24(18-20-45)12-16-32(46)29-22-26(38(2,3)4)9-8-10-27(29)28-14-15-30(40)36(44)35(28)43/h11,13-15,24,26-27,29,31H,8-10,12,16-22H2,1-7H3/t26?,27-,29+,31-/m0/s1. The summed E-state index contributed by atoms with van der Waals surface area (Å²) in [5.41, 5.74) is -0.432. The van der Waals surface area contributed by atoms with E-state index >= 15 is 4.39 Å². The van der Waals surface area contributed by atoms with E-state index in [2.05, 4.69) is 20.8 Å². The summed E-state index contributed by atoms with van der Waals surface area (Å²) in [6, 6.07) is 4.47. The minimum atomic E-state index is -1.50. The van der Waals surface area contributed by atoms with Crippen LogP contribution in [0.2, 0.25) is 0 Å². The van der Waals surface area contributed by atoms with Gasteiger partial charge in [0.1, 0.15) is 17.4 Å². The number of benzene rings is 2. The van der Waals surface area contributed by atoms with Crippen LogP contribution < -0.4 is 0 Å². The third-order valence-corrected chi connectivity index (χ3v) is 10.5. The fraction of sp³-hybridized carbons (Fsp3) is 0.641. The molecule has 2 aromatic rings. The minimum absolute atomic E-state index is 0.0196. The van der Waals surface area contributed by atoms with E-state index in [0.717, 1.165) is 18.9 Å². The molecule has 9 heteroatoms. The summed E-state index contributed by atoms with van der Waals surface area (Å²) in [5, 5.41) is 0. The Morgan fingerprint density at radius 1 is 0.854 bits per heavy atom. The van der Waals surface area contributed by atoms with E-state index < -0.39 is 58.5 Å². The van der Waals surface area contributed by atoms with Crippen molar-refractivity contribution in [3.63, 3.8) is 0 Å². The van der Waals surface area contributed by atoms with Crippen molar-refractivity contribution in [3.05, 3.63) is 70.0 Å². The number of hydrogen-bond donors (Lipinski definition) is 0. The Balaban J connectivity index is 1.46. The molecular weight excluding hydrogens is 625 g/mol. The number of aryl methyl sites for hydroxylation is 1. The monoisotopic (exact) mass is 677 g/mol. The van der Waals surface area contributed by atoms with Crippen molar-refractivity contribution in [2.45, 2.75) is 124 Å². The fourth-order valence-electron chi connectivity index (χ4n) is 7.58. The van der Waals surface area contributed by atoms with Crippen LogP contribution in [0, 0.1) is 59.2 Å². The van der Waals surface area contributed by atoms with Gasteiger partial charge in [-0.3, -0.25) is 14.5 Å². The molecule has 2 aliphatic rings. The third-order valence-electron chi connectivity index (χ3n) is 10.5.